The molecule has 130 valence electrons. The van der Waals surface area contributed by atoms with Crippen LogP contribution in [-0.4, -0.2) is 37.7 Å². The molecule has 5 heteroatoms. The first kappa shape index (κ1) is 15.5. The van der Waals surface area contributed by atoms with Crippen molar-refractivity contribution in [2.75, 3.05) is 13.1 Å². The van der Waals surface area contributed by atoms with Gasteiger partial charge in [-0.3, -0.25) is 4.90 Å². The number of likely N-dealkylation sites (tertiary alicyclic amines) is 1. The summed E-state index contributed by atoms with van der Waals surface area (Å²) in [6, 6.07) is 12.5. The number of nitrogens with zero attached hydrogens (tertiary/aromatic N) is 1. The van der Waals surface area contributed by atoms with Gasteiger partial charge in [0.05, 0.1) is 10.1 Å². The quantitative estimate of drug-likeness (QED) is 0.824. The lowest BCUT2D eigenvalue weighted by Gasteiger charge is -2.35. The lowest BCUT2D eigenvalue weighted by atomic mass is 9.91. The molecular weight excluding hydrogens is 337 g/mol. The van der Waals surface area contributed by atoms with Crippen LogP contribution in [0.1, 0.15) is 30.7 Å². The Morgan fingerprint density at radius 1 is 0.960 bits per heavy atom. The number of halogens is 1. The van der Waals surface area contributed by atoms with Crippen molar-refractivity contribution in [3.63, 3.8) is 0 Å². The Balaban J connectivity index is 1.55. The molecule has 2 heterocycles. The molecule has 0 bridgehead atoms. The summed E-state index contributed by atoms with van der Waals surface area (Å²) < 4.78 is 39.1. The lowest BCUT2D eigenvalue weighted by molar-refractivity contribution is 0.157. The lowest BCUT2D eigenvalue weighted by Crippen LogP contribution is -2.39. The van der Waals surface area contributed by atoms with Gasteiger partial charge in [0.15, 0.2) is 9.84 Å². The van der Waals surface area contributed by atoms with Crippen molar-refractivity contribution >= 4 is 9.84 Å². The van der Waals surface area contributed by atoms with Crippen LogP contribution in [0.2, 0.25) is 0 Å². The highest BCUT2D eigenvalue weighted by atomic mass is 32.2. The molecule has 3 nitrogen and oxygen atoms in total. The van der Waals surface area contributed by atoms with Crippen molar-refractivity contribution in [1.82, 2.24) is 4.90 Å². The van der Waals surface area contributed by atoms with Crippen molar-refractivity contribution in [2.24, 2.45) is 0 Å². The molecule has 1 aliphatic carbocycles. The molecule has 0 aromatic heterocycles. The zero-order valence-corrected chi connectivity index (χ0v) is 14.7. The fourth-order valence-electron chi connectivity index (χ4n) is 4.55. The molecule has 5 rings (SSSR count). The maximum atomic E-state index is 13.2. The molecule has 0 spiro atoms. The van der Waals surface area contributed by atoms with Crippen molar-refractivity contribution in [2.45, 2.75) is 41.4 Å². The van der Waals surface area contributed by atoms with Gasteiger partial charge in [-0.15, -0.1) is 0 Å². The third kappa shape index (κ3) is 2.29. The standard InChI is InChI=1S/C20H20FNO2S/c21-15-7-4-13(5-8-15)14-6-9-19-17(10-14)18-11-22(16-2-1-3-16)12-20(18)25(19,23)24/h4-10,16,18,20H,1-3,11-12H2/t18-,20+/m0/s1. The maximum absolute atomic E-state index is 13.2. The first-order valence-electron chi connectivity index (χ1n) is 8.92. The molecule has 2 aliphatic heterocycles. The second kappa shape index (κ2) is 5.39. The molecular formula is C20H20FNO2S. The van der Waals surface area contributed by atoms with Gasteiger partial charge in [0, 0.05) is 25.0 Å². The van der Waals surface area contributed by atoms with Gasteiger partial charge in [0.1, 0.15) is 5.82 Å². The highest BCUT2D eigenvalue weighted by Gasteiger charge is 2.51. The van der Waals surface area contributed by atoms with Crippen LogP contribution in [0.25, 0.3) is 11.1 Å². The van der Waals surface area contributed by atoms with Crippen molar-refractivity contribution in [1.29, 1.82) is 0 Å². The van der Waals surface area contributed by atoms with Crippen LogP contribution >= 0.6 is 0 Å². The van der Waals surface area contributed by atoms with Crippen LogP contribution in [0.3, 0.4) is 0 Å². The van der Waals surface area contributed by atoms with E-state index in [1.54, 1.807) is 18.2 Å². The Morgan fingerprint density at radius 3 is 2.36 bits per heavy atom. The second-order valence-electron chi connectivity index (χ2n) is 7.49. The van der Waals surface area contributed by atoms with Gasteiger partial charge >= 0.3 is 0 Å². The molecule has 1 saturated carbocycles. The van der Waals surface area contributed by atoms with Crippen molar-refractivity contribution < 1.29 is 12.8 Å². The van der Waals surface area contributed by atoms with E-state index in [1.807, 2.05) is 12.1 Å². The van der Waals surface area contributed by atoms with E-state index in [1.165, 1.54) is 31.4 Å². The molecule has 0 N–H and O–H groups in total. The predicted octanol–water partition coefficient (Wildman–Crippen LogP) is 3.60. The van der Waals surface area contributed by atoms with E-state index in [4.69, 9.17) is 0 Å². The first-order chi connectivity index (χ1) is 12.0. The summed E-state index contributed by atoms with van der Waals surface area (Å²) in [5.41, 5.74) is 2.82. The Bertz CT molecular complexity index is 935. The Morgan fingerprint density at radius 2 is 1.68 bits per heavy atom. The number of hydrogen-bond donors (Lipinski definition) is 0. The maximum Gasteiger partial charge on any atom is 0.183 e. The molecule has 25 heavy (non-hydrogen) atoms. The van der Waals surface area contributed by atoms with Gasteiger partial charge < -0.3 is 0 Å². The summed E-state index contributed by atoms with van der Waals surface area (Å²) in [4.78, 5) is 2.88. The summed E-state index contributed by atoms with van der Waals surface area (Å²) in [5.74, 6) is -0.194. The second-order valence-corrected chi connectivity index (χ2v) is 9.62. The average Bonchev–Trinajstić information content (AvgIpc) is 3.06. The minimum atomic E-state index is -3.24. The van der Waals surface area contributed by atoms with Crippen LogP contribution in [0.4, 0.5) is 4.39 Å². The van der Waals surface area contributed by atoms with E-state index in [0.29, 0.717) is 17.5 Å². The SMILES string of the molecule is O=S1(=O)c2ccc(-c3ccc(F)cc3)cc2[C@@H]2CN(C3CCC3)C[C@H]21. The van der Waals surface area contributed by atoms with Gasteiger partial charge in [0.25, 0.3) is 0 Å². The largest absolute Gasteiger partial charge is 0.298 e. The normalized spacial score (nSPS) is 27.7. The smallest absolute Gasteiger partial charge is 0.183 e. The molecule has 2 atom stereocenters. The molecule has 2 aromatic carbocycles. The first-order valence-corrected chi connectivity index (χ1v) is 10.5. The third-order valence-electron chi connectivity index (χ3n) is 6.18. The van der Waals surface area contributed by atoms with E-state index in [2.05, 4.69) is 4.90 Å². The Kier molecular flexibility index (Phi) is 3.35. The van der Waals surface area contributed by atoms with Gasteiger partial charge in [-0.1, -0.05) is 24.6 Å². The molecule has 3 aliphatic rings. The van der Waals surface area contributed by atoms with Gasteiger partial charge in [-0.25, -0.2) is 12.8 Å². The summed E-state index contributed by atoms with van der Waals surface area (Å²) >= 11 is 0. The molecule has 2 aromatic rings. The van der Waals surface area contributed by atoms with Gasteiger partial charge in [0.2, 0.25) is 0 Å². The summed E-state index contributed by atoms with van der Waals surface area (Å²) in [7, 11) is -3.24. The van der Waals surface area contributed by atoms with E-state index in [-0.39, 0.29) is 17.0 Å². The summed E-state index contributed by atoms with van der Waals surface area (Å²) in [6.07, 6.45) is 3.65. The van der Waals surface area contributed by atoms with E-state index in [0.717, 1.165) is 23.2 Å². The molecule has 0 amide bonds. The van der Waals surface area contributed by atoms with E-state index in [9.17, 15) is 12.8 Å². The molecule has 1 saturated heterocycles. The highest BCUT2D eigenvalue weighted by Crippen LogP contribution is 2.47. The Hall–Kier alpha value is -1.72. The Labute approximate surface area is 147 Å². The fraction of sp³-hybridized carbons (Fsp3) is 0.400. The summed E-state index contributed by atoms with van der Waals surface area (Å²) in [5, 5.41) is -0.299. The monoisotopic (exact) mass is 357 g/mol. The zero-order chi connectivity index (χ0) is 17.2. The van der Waals surface area contributed by atoms with Crippen molar-refractivity contribution in [3.05, 3.63) is 53.8 Å². The molecule has 0 unspecified atom stereocenters. The topological polar surface area (TPSA) is 37.4 Å². The highest BCUT2D eigenvalue weighted by molar-refractivity contribution is 7.92. The van der Waals surface area contributed by atoms with E-state index < -0.39 is 9.84 Å². The van der Waals surface area contributed by atoms with Gasteiger partial charge in [-0.2, -0.15) is 0 Å². The number of sulfone groups is 1. The number of hydrogen-bond acceptors (Lipinski definition) is 3. The minimum absolute atomic E-state index is 0.0704. The van der Waals surface area contributed by atoms with Crippen LogP contribution in [0, 0.1) is 5.82 Å². The fourth-order valence-corrected chi connectivity index (χ4v) is 6.72. The van der Waals surface area contributed by atoms with Crippen molar-refractivity contribution in [3.8, 4) is 11.1 Å². The number of rotatable bonds is 2. The molecule has 2 fully saturated rings. The van der Waals surface area contributed by atoms with Gasteiger partial charge in [-0.05, 0) is 53.8 Å². The van der Waals surface area contributed by atoms with Crippen LogP contribution < -0.4 is 0 Å². The number of benzene rings is 2. The van der Waals surface area contributed by atoms with Crippen LogP contribution in [-0.2, 0) is 9.84 Å². The zero-order valence-electron chi connectivity index (χ0n) is 13.9. The van der Waals surface area contributed by atoms with Crippen LogP contribution in [0.15, 0.2) is 47.4 Å². The average molecular weight is 357 g/mol. The third-order valence-corrected chi connectivity index (χ3v) is 8.44. The minimum Gasteiger partial charge on any atom is -0.298 e. The summed E-state index contributed by atoms with van der Waals surface area (Å²) in [6.45, 7) is 1.51. The van der Waals surface area contributed by atoms with Crippen LogP contribution in [0.5, 0.6) is 0 Å². The molecule has 0 radical (unpaired) electrons. The predicted molar refractivity (Wildman–Crippen MR) is 94.8 cm³/mol. The van der Waals surface area contributed by atoms with E-state index >= 15 is 0 Å². The number of fused-ring (bicyclic) bond motifs is 3.